The van der Waals surface area contributed by atoms with Gasteiger partial charge in [-0.05, 0) is 28.9 Å². The van der Waals surface area contributed by atoms with Gasteiger partial charge >= 0.3 is 6.03 Å². The number of nitrogens with zero attached hydrogens (tertiary/aromatic N) is 5. The van der Waals surface area contributed by atoms with Gasteiger partial charge in [0.05, 0.1) is 51.8 Å². The third-order valence-electron chi connectivity index (χ3n) is 3.78. The summed E-state index contributed by atoms with van der Waals surface area (Å²) in [5.74, 6) is 0.643. The molecule has 0 fully saturated rings. The molecule has 0 saturated carbocycles. The van der Waals surface area contributed by atoms with Crippen LogP contribution in [0.1, 0.15) is 18.6 Å². The lowest BCUT2D eigenvalue weighted by molar-refractivity contribution is 0.119. The van der Waals surface area contributed by atoms with Crippen LogP contribution in [0.2, 0.25) is 5.02 Å². The van der Waals surface area contributed by atoms with Crippen LogP contribution < -0.4 is 16.4 Å². The standard InChI is InChI=1S/C16H16BrClN8O2/c1-8(28-2)12-11(7-20-14(19)13(12)17)25-16(27)24-9-5-10(18)15(21-6-9)26-22-3-4-23-26/h3-8H,1-2H3,(H2,19,20)(H2,24,25,27). The fourth-order valence-electron chi connectivity index (χ4n) is 2.39. The quantitative estimate of drug-likeness (QED) is 0.523. The van der Waals surface area contributed by atoms with Crippen molar-refractivity contribution < 1.29 is 9.53 Å². The van der Waals surface area contributed by atoms with Gasteiger partial charge in [-0.25, -0.2) is 14.8 Å². The number of aromatic nitrogens is 5. The fraction of sp³-hybridized carbons (Fsp3) is 0.188. The van der Waals surface area contributed by atoms with Crippen molar-refractivity contribution in [3.05, 3.63) is 45.9 Å². The molecule has 0 spiro atoms. The summed E-state index contributed by atoms with van der Waals surface area (Å²) in [6, 6.07) is 1.04. The number of pyridine rings is 2. The van der Waals surface area contributed by atoms with E-state index in [1.54, 1.807) is 13.2 Å². The summed E-state index contributed by atoms with van der Waals surface area (Å²) in [7, 11) is 1.56. The molecular weight excluding hydrogens is 452 g/mol. The third-order valence-corrected chi connectivity index (χ3v) is 4.89. The van der Waals surface area contributed by atoms with Crippen molar-refractivity contribution >= 4 is 50.8 Å². The van der Waals surface area contributed by atoms with Crippen molar-refractivity contribution in [1.82, 2.24) is 25.0 Å². The minimum Gasteiger partial charge on any atom is -0.383 e. The first-order valence-corrected chi connectivity index (χ1v) is 9.14. The SMILES string of the molecule is COC(C)c1c(NC(=O)Nc2cnc(-n3nccn3)c(Cl)c2)cnc(N)c1Br. The number of nitrogens with two attached hydrogens (primary N) is 1. The molecule has 3 rings (SSSR count). The van der Waals surface area contributed by atoms with E-state index in [1.807, 2.05) is 6.92 Å². The van der Waals surface area contributed by atoms with E-state index in [4.69, 9.17) is 22.1 Å². The molecule has 0 aromatic carbocycles. The Kier molecular flexibility index (Phi) is 6.07. The number of hydrogen-bond donors (Lipinski definition) is 3. The van der Waals surface area contributed by atoms with E-state index in [0.29, 0.717) is 33.0 Å². The third kappa shape index (κ3) is 4.21. The van der Waals surface area contributed by atoms with E-state index in [1.165, 1.54) is 29.6 Å². The van der Waals surface area contributed by atoms with Gasteiger partial charge in [-0.2, -0.15) is 10.2 Å². The molecule has 146 valence electrons. The van der Waals surface area contributed by atoms with Gasteiger partial charge in [0.2, 0.25) is 0 Å². The van der Waals surface area contributed by atoms with Crippen molar-refractivity contribution in [2.24, 2.45) is 0 Å². The van der Waals surface area contributed by atoms with Crippen LogP contribution in [0, 0.1) is 0 Å². The number of rotatable bonds is 5. The summed E-state index contributed by atoms with van der Waals surface area (Å²) in [6.07, 6.45) is 5.60. The van der Waals surface area contributed by atoms with Crippen LogP contribution >= 0.6 is 27.5 Å². The Bertz CT molecular complexity index is 999. The maximum atomic E-state index is 12.4. The van der Waals surface area contributed by atoms with Gasteiger partial charge in [0.15, 0.2) is 5.82 Å². The first kappa shape index (κ1) is 20.0. The smallest absolute Gasteiger partial charge is 0.323 e. The molecule has 1 unspecified atom stereocenters. The van der Waals surface area contributed by atoms with Crippen molar-refractivity contribution in [2.45, 2.75) is 13.0 Å². The highest BCUT2D eigenvalue weighted by Gasteiger charge is 2.19. The summed E-state index contributed by atoms with van der Waals surface area (Å²) in [5, 5.41) is 13.6. The minimum atomic E-state index is -0.508. The van der Waals surface area contributed by atoms with Gasteiger partial charge in [0.25, 0.3) is 0 Å². The molecule has 3 heterocycles. The van der Waals surface area contributed by atoms with Crippen molar-refractivity contribution in [3.8, 4) is 5.82 Å². The topological polar surface area (TPSA) is 133 Å². The monoisotopic (exact) mass is 466 g/mol. The van der Waals surface area contributed by atoms with Crippen molar-refractivity contribution in [2.75, 3.05) is 23.5 Å². The lowest BCUT2D eigenvalue weighted by Crippen LogP contribution is -2.21. The van der Waals surface area contributed by atoms with Crippen LogP contribution in [0.15, 0.2) is 35.3 Å². The summed E-state index contributed by atoms with van der Waals surface area (Å²) in [5.41, 5.74) is 7.34. The zero-order valence-electron chi connectivity index (χ0n) is 14.8. The van der Waals surface area contributed by atoms with E-state index < -0.39 is 6.03 Å². The van der Waals surface area contributed by atoms with Crippen LogP contribution in [0.4, 0.5) is 22.0 Å². The average Bonchev–Trinajstić information content (AvgIpc) is 3.19. The molecule has 0 aliphatic heterocycles. The largest absolute Gasteiger partial charge is 0.383 e. The van der Waals surface area contributed by atoms with Crippen LogP contribution in [0.3, 0.4) is 0 Å². The lowest BCUT2D eigenvalue weighted by atomic mass is 10.1. The Morgan fingerprint density at radius 1 is 1.29 bits per heavy atom. The summed E-state index contributed by atoms with van der Waals surface area (Å²) >= 11 is 9.59. The number of hydrogen-bond acceptors (Lipinski definition) is 7. The van der Waals surface area contributed by atoms with Crippen LogP contribution in [0.5, 0.6) is 0 Å². The van der Waals surface area contributed by atoms with E-state index in [9.17, 15) is 4.79 Å². The molecule has 0 saturated heterocycles. The van der Waals surface area contributed by atoms with Crippen LogP contribution in [-0.4, -0.2) is 38.1 Å². The zero-order valence-corrected chi connectivity index (χ0v) is 17.2. The van der Waals surface area contributed by atoms with E-state index in [-0.39, 0.29) is 11.1 Å². The molecule has 3 aromatic heterocycles. The molecular formula is C16H16BrClN8O2. The molecule has 12 heteroatoms. The number of halogens is 2. The Balaban J connectivity index is 1.78. The van der Waals surface area contributed by atoms with Crippen molar-refractivity contribution in [3.63, 3.8) is 0 Å². The average molecular weight is 468 g/mol. The van der Waals surface area contributed by atoms with E-state index in [2.05, 4.69) is 46.7 Å². The molecule has 1 atom stereocenters. The van der Waals surface area contributed by atoms with E-state index in [0.717, 1.165) is 0 Å². The summed E-state index contributed by atoms with van der Waals surface area (Å²) in [6.45, 7) is 1.83. The number of nitrogen functional groups attached to an aromatic ring is 1. The molecule has 3 aromatic rings. The second-order valence-corrected chi connectivity index (χ2v) is 6.79. The number of urea groups is 1. The molecule has 10 nitrogen and oxygen atoms in total. The normalized spacial score (nSPS) is 11.9. The molecule has 28 heavy (non-hydrogen) atoms. The highest BCUT2D eigenvalue weighted by atomic mass is 79.9. The number of amides is 2. The molecule has 4 N–H and O–H groups in total. The van der Waals surface area contributed by atoms with E-state index >= 15 is 0 Å². The lowest BCUT2D eigenvalue weighted by Gasteiger charge is -2.18. The highest BCUT2D eigenvalue weighted by Crippen LogP contribution is 2.35. The Morgan fingerprint density at radius 2 is 2.00 bits per heavy atom. The minimum absolute atomic E-state index is 0.277. The van der Waals surface area contributed by atoms with Crippen molar-refractivity contribution in [1.29, 1.82) is 0 Å². The first-order valence-electron chi connectivity index (χ1n) is 7.97. The Morgan fingerprint density at radius 3 is 2.64 bits per heavy atom. The Hall–Kier alpha value is -2.76. The van der Waals surface area contributed by atoms with Gasteiger partial charge in [0, 0.05) is 12.7 Å². The molecule has 0 aliphatic carbocycles. The molecule has 0 bridgehead atoms. The van der Waals surface area contributed by atoms with Gasteiger partial charge in [-0.15, -0.1) is 4.80 Å². The fourth-order valence-corrected chi connectivity index (χ4v) is 3.27. The predicted octanol–water partition coefficient (Wildman–Crippen LogP) is 3.41. The number of methoxy groups -OCH3 is 1. The predicted molar refractivity (Wildman–Crippen MR) is 109 cm³/mol. The molecule has 2 amide bonds. The summed E-state index contributed by atoms with van der Waals surface area (Å²) < 4.78 is 5.91. The second kappa shape index (κ2) is 8.50. The van der Waals surface area contributed by atoms with Gasteiger partial charge in [-0.3, -0.25) is 0 Å². The van der Waals surface area contributed by atoms with Crippen LogP contribution in [0.25, 0.3) is 5.82 Å². The molecule has 0 radical (unpaired) electrons. The number of nitrogens with one attached hydrogen (secondary N) is 2. The summed E-state index contributed by atoms with van der Waals surface area (Å²) in [4.78, 5) is 21.9. The molecule has 0 aliphatic rings. The zero-order chi connectivity index (χ0) is 20.3. The number of carbonyl (C=O) groups is 1. The first-order chi connectivity index (χ1) is 13.4. The van der Waals surface area contributed by atoms with Gasteiger partial charge in [0.1, 0.15) is 5.82 Å². The Labute approximate surface area is 173 Å². The van der Waals surface area contributed by atoms with Crippen LogP contribution in [-0.2, 0) is 4.74 Å². The van der Waals surface area contributed by atoms with Gasteiger partial charge in [-0.1, -0.05) is 11.6 Å². The number of ether oxygens (including phenoxy) is 1. The maximum Gasteiger partial charge on any atom is 0.323 e. The second-order valence-electron chi connectivity index (χ2n) is 5.59. The number of anilines is 3. The number of carbonyl (C=O) groups excluding carboxylic acids is 1. The van der Waals surface area contributed by atoms with Gasteiger partial charge < -0.3 is 21.1 Å². The maximum absolute atomic E-state index is 12.4. The highest BCUT2D eigenvalue weighted by molar-refractivity contribution is 9.10.